The van der Waals surface area contributed by atoms with Crippen molar-refractivity contribution in [2.75, 3.05) is 31.6 Å². The maximum absolute atomic E-state index is 9.05. The molecule has 0 amide bonds. The van der Waals surface area contributed by atoms with Crippen LogP contribution in [0.3, 0.4) is 0 Å². The maximum Gasteiger partial charge on any atom is 0.0992 e. The summed E-state index contributed by atoms with van der Waals surface area (Å²) in [5, 5.41) is 9.05. The van der Waals surface area contributed by atoms with Gasteiger partial charge in [0.25, 0.3) is 0 Å². The number of anilines is 1. The number of hydrogen-bond acceptors (Lipinski definition) is 4. The first-order chi connectivity index (χ1) is 9.15. The molecule has 1 aromatic rings. The van der Waals surface area contributed by atoms with Gasteiger partial charge in [0.05, 0.1) is 17.7 Å². The van der Waals surface area contributed by atoms with Crippen LogP contribution < -0.4 is 10.6 Å². The van der Waals surface area contributed by atoms with Gasteiger partial charge in [-0.3, -0.25) is 0 Å². The molecule has 4 nitrogen and oxygen atoms in total. The van der Waals surface area contributed by atoms with E-state index in [2.05, 4.69) is 35.9 Å². The van der Waals surface area contributed by atoms with Crippen LogP contribution in [0.15, 0.2) is 24.3 Å². The Kier molecular flexibility index (Phi) is 4.41. The van der Waals surface area contributed by atoms with Gasteiger partial charge in [0.1, 0.15) is 0 Å². The normalized spacial score (nSPS) is 24.8. The molecule has 2 rings (SSSR count). The summed E-state index contributed by atoms with van der Waals surface area (Å²) >= 11 is 0. The van der Waals surface area contributed by atoms with Gasteiger partial charge >= 0.3 is 0 Å². The molecule has 0 aliphatic carbocycles. The first kappa shape index (κ1) is 13.9. The Hall–Kier alpha value is -1.57. The van der Waals surface area contributed by atoms with E-state index in [-0.39, 0.29) is 0 Å². The second kappa shape index (κ2) is 6.05. The van der Waals surface area contributed by atoms with E-state index in [1.165, 1.54) is 0 Å². The average Bonchev–Trinajstić information content (AvgIpc) is 2.58. The van der Waals surface area contributed by atoms with E-state index in [9.17, 15) is 0 Å². The highest BCUT2D eigenvalue weighted by atomic mass is 15.3. The van der Waals surface area contributed by atoms with Gasteiger partial charge in [-0.05, 0) is 45.1 Å². The third kappa shape index (κ3) is 3.06. The van der Waals surface area contributed by atoms with E-state index in [0.29, 0.717) is 24.2 Å². The Morgan fingerprint density at radius 3 is 2.95 bits per heavy atom. The quantitative estimate of drug-likeness (QED) is 0.871. The topological polar surface area (TPSA) is 56.3 Å². The summed E-state index contributed by atoms with van der Waals surface area (Å²) in [5.74, 6) is 0. The van der Waals surface area contributed by atoms with Gasteiger partial charge in [0.2, 0.25) is 0 Å². The van der Waals surface area contributed by atoms with Crippen molar-refractivity contribution in [1.29, 1.82) is 5.26 Å². The fraction of sp³-hybridized carbons (Fsp3) is 0.533. The lowest BCUT2D eigenvalue weighted by Crippen LogP contribution is -2.48. The Morgan fingerprint density at radius 1 is 1.47 bits per heavy atom. The summed E-state index contributed by atoms with van der Waals surface area (Å²) in [6, 6.07) is 10.8. The lowest BCUT2D eigenvalue weighted by Gasteiger charge is -2.36. The van der Waals surface area contributed by atoms with Crippen molar-refractivity contribution in [3.05, 3.63) is 29.8 Å². The molecule has 0 radical (unpaired) electrons. The molecule has 1 aromatic carbocycles. The highest BCUT2D eigenvalue weighted by molar-refractivity contribution is 5.53. The molecule has 19 heavy (non-hydrogen) atoms. The fourth-order valence-corrected chi connectivity index (χ4v) is 2.83. The highest BCUT2D eigenvalue weighted by Crippen LogP contribution is 2.25. The van der Waals surface area contributed by atoms with Crippen LogP contribution in [0.5, 0.6) is 0 Å². The van der Waals surface area contributed by atoms with Crippen LogP contribution in [0.1, 0.15) is 18.9 Å². The summed E-state index contributed by atoms with van der Waals surface area (Å²) in [6.07, 6.45) is 1.11. The SMILES string of the molecule is CC1CCN(C)CC(CN)N1c1cccc(C#N)c1. The molecule has 2 N–H and O–H groups in total. The Bertz CT molecular complexity index is 465. The van der Waals surface area contributed by atoms with Gasteiger partial charge in [-0.15, -0.1) is 0 Å². The first-order valence-corrected chi connectivity index (χ1v) is 6.82. The predicted molar refractivity (Wildman–Crippen MR) is 78.1 cm³/mol. The summed E-state index contributed by atoms with van der Waals surface area (Å²) in [6.45, 7) is 4.93. The standard InChI is InChI=1S/C15H22N4/c1-12-6-7-18(2)11-15(10-17)19(12)14-5-3-4-13(8-14)9-16/h3-5,8,12,15H,6-7,10-11,17H2,1-2H3. The highest BCUT2D eigenvalue weighted by Gasteiger charge is 2.27. The van der Waals surface area contributed by atoms with Crippen LogP contribution in [0.2, 0.25) is 0 Å². The molecule has 0 spiro atoms. The molecule has 0 bridgehead atoms. The van der Waals surface area contributed by atoms with Crippen LogP contribution in [-0.2, 0) is 0 Å². The lowest BCUT2D eigenvalue weighted by atomic mass is 10.1. The molecule has 1 aliphatic heterocycles. The van der Waals surface area contributed by atoms with Crippen LogP contribution in [0, 0.1) is 11.3 Å². The van der Waals surface area contributed by atoms with Crippen molar-refractivity contribution in [2.45, 2.75) is 25.4 Å². The van der Waals surface area contributed by atoms with E-state index >= 15 is 0 Å². The van der Waals surface area contributed by atoms with Crippen molar-refractivity contribution in [2.24, 2.45) is 5.73 Å². The number of rotatable bonds is 2. The van der Waals surface area contributed by atoms with Gasteiger partial charge in [-0.2, -0.15) is 5.26 Å². The molecule has 1 aliphatic rings. The zero-order chi connectivity index (χ0) is 13.8. The molecule has 2 atom stereocenters. The number of benzene rings is 1. The summed E-state index contributed by atoms with van der Waals surface area (Å²) in [5.41, 5.74) is 7.78. The van der Waals surface area contributed by atoms with Gasteiger partial charge in [-0.1, -0.05) is 6.07 Å². The molecule has 102 valence electrons. The van der Waals surface area contributed by atoms with Crippen molar-refractivity contribution >= 4 is 5.69 Å². The zero-order valence-corrected chi connectivity index (χ0v) is 11.7. The van der Waals surface area contributed by atoms with Crippen LogP contribution in [0.4, 0.5) is 5.69 Å². The van der Waals surface area contributed by atoms with Crippen molar-refractivity contribution < 1.29 is 0 Å². The number of nitrogens with two attached hydrogens (primary N) is 1. The Morgan fingerprint density at radius 2 is 2.26 bits per heavy atom. The van der Waals surface area contributed by atoms with E-state index in [4.69, 9.17) is 11.0 Å². The van der Waals surface area contributed by atoms with Gasteiger partial charge in [0.15, 0.2) is 0 Å². The summed E-state index contributed by atoms with van der Waals surface area (Å²) in [7, 11) is 2.14. The molecular formula is C15H22N4. The van der Waals surface area contributed by atoms with Crippen LogP contribution in [-0.4, -0.2) is 43.7 Å². The van der Waals surface area contributed by atoms with Crippen molar-refractivity contribution in [1.82, 2.24) is 4.90 Å². The minimum absolute atomic E-state index is 0.302. The molecule has 1 fully saturated rings. The number of likely N-dealkylation sites (N-methyl/N-ethyl adjacent to an activating group) is 1. The summed E-state index contributed by atoms with van der Waals surface area (Å²) < 4.78 is 0. The van der Waals surface area contributed by atoms with Gasteiger partial charge in [0, 0.05) is 24.8 Å². The molecule has 2 unspecified atom stereocenters. The fourth-order valence-electron chi connectivity index (χ4n) is 2.83. The predicted octanol–water partition coefficient (Wildman–Crippen LogP) is 1.42. The molecular weight excluding hydrogens is 236 g/mol. The van der Waals surface area contributed by atoms with Crippen LogP contribution >= 0.6 is 0 Å². The molecule has 1 saturated heterocycles. The van der Waals surface area contributed by atoms with Gasteiger partial charge < -0.3 is 15.5 Å². The number of hydrogen-bond donors (Lipinski definition) is 1. The molecule has 0 aromatic heterocycles. The lowest BCUT2D eigenvalue weighted by molar-refractivity contribution is 0.332. The monoisotopic (exact) mass is 258 g/mol. The zero-order valence-electron chi connectivity index (χ0n) is 11.7. The van der Waals surface area contributed by atoms with Crippen LogP contribution in [0.25, 0.3) is 0 Å². The maximum atomic E-state index is 9.05. The van der Waals surface area contributed by atoms with Gasteiger partial charge in [-0.25, -0.2) is 0 Å². The Labute approximate surface area is 115 Å². The largest absolute Gasteiger partial charge is 0.363 e. The second-order valence-corrected chi connectivity index (χ2v) is 5.36. The van der Waals surface area contributed by atoms with E-state index in [1.807, 2.05) is 18.2 Å². The first-order valence-electron chi connectivity index (χ1n) is 6.82. The smallest absolute Gasteiger partial charge is 0.0992 e. The van der Waals surface area contributed by atoms with E-state index in [1.54, 1.807) is 0 Å². The average molecular weight is 258 g/mol. The minimum atomic E-state index is 0.302. The molecule has 0 saturated carbocycles. The van der Waals surface area contributed by atoms with Crippen molar-refractivity contribution in [3.63, 3.8) is 0 Å². The minimum Gasteiger partial charge on any atom is -0.363 e. The molecule has 4 heteroatoms. The number of nitriles is 1. The number of nitrogens with zero attached hydrogens (tertiary/aromatic N) is 3. The third-order valence-electron chi connectivity index (χ3n) is 3.86. The van der Waals surface area contributed by atoms with Crippen molar-refractivity contribution in [3.8, 4) is 6.07 Å². The molecule has 1 heterocycles. The summed E-state index contributed by atoms with van der Waals surface area (Å²) in [4.78, 5) is 4.71. The second-order valence-electron chi connectivity index (χ2n) is 5.36. The van der Waals surface area contributed by atoms with E-state index < -0.39 is 0 Å². The van der Waals surface area contributed by atoms with E-state index in [0.717, 1.165) is 25.2 Å². The third-order valence-corrected chi connectivity index (χ3v) is 3.86. The Balaban J connectivity index is 2.34.